The second-order valence-electron chi connectivity index (χ2n) is 4.85. The summed E-state index contributed by atoms with van der Waals surface area (Å²) in [5.74, 6) is -0.0467. The third-order valence-electron chi connectivity index (χ3n) is 3.31. The molecule has 0 saturated carbocycles. The number of rotatable bonds is 5. The van der Waals surface area contributed by atoms with Crippen molar-refractivity contribution in [2.75, 3.05) is 0 Å². The zero-order chi connectivity index (χ0) is 15.4. The fourth-order valence-corrected chi connectivity index (χ4v) is 2.08. The van der Waals surface area contributed by atoms with Gasteiger partial charge in [0.05, 0.1) is 0 Å². The lowest BCUT2D eigenvalue weighted by Gasteiger charge is -2.16. The van der Waals surface area contributed by atoms with Crippen molar-refractivity contribution in [3.63, 3.8) is 0 Å². The van der Waals surface area contributed by atoms with Gasteiger partial charge in [-0.2, -0.15) is 0 Å². The van der Waals surface area contributed by atoms with Crippen molar-refractivity contribution < 1.29 is 4.79 Å². The molecular weight excluding hydrogens is 246 g/mol. The quantitative estimate of drug-likeness (QED) is 0.586. The van der Waals surface area contributed by atoms with Crippen LogP contribution in [0, 0.1) is 13.8 Å². The van der Waals surface area contributed by atoms with E-state index in [9.17, 15) is 4.79 Å². The van der Waals surface area contributed by atoms with Gasteiger partial charge in [0.2, 0.25) is 0 Å². The van der Waals surface area contributed by atoms with E-state index in [1.807, 2.05) is 32.9 Å². The summed E-state index contributed by atoms with van der Waals surface area (Å²) in [6, 6.07) is 3.95. The third kappa shape index (κ3) is 3.21. The van der Waals surface area contributed by atoms with E-state index in [-0.39, 0.29) is 5.78 Å². The number of Topliss-reactive ketones (excluding diaryl/α,β-unsaturated/α-hetero) is 1. The number of ketones is 1. The highest BCUT2D eigenvalue weighted by Crippen LogP contribution is 2.31. The lowest BCUT2D eigenvalue weighted by molar-refractivity contribution is -0.113. The summed E-state index contributed by atoms with van der Waals surface area (Å²) in [6.45, 7) is 18.9. The molecule has 0 aromatic carbocycles. The van der Waals surface area contributed by atoms with Crippen LogP contribution in [0.1, 0.15) is 30.8 Å². The van der Waals surface area contributed by atoms with Crippen molar-refractivity contribution in [2.45, 2.75) is 27.7 Å². The molecule has 0 spiro atoms. The Morgan fingerprint density at radius 3 is 2.25 bits per heavy atom. The first kappa shape index (κ1) is 15.8. The highest BCUT2D eigenvalue weighted by Gasteiger charge is 2.15. The number of hydrogen-bond donors (Lipinski definition) is 0. The number of carbonyl (C=O) groups is 1. The summed E-state index contributed by atoms with van der Waals surface area (Å²) in [5, 5.41) is 0. The Kier molecular flexibility index (Phi) is 4.98. The minimum Gasteiger partial charge on any atom is -0.295 e. The van der Waals surface area contributed by atoms with Crippen LogP contribution < -0.4 is 0 Å². The maximum atomic E-state index is 11.6. The zero-order valence-corrected chi connectivity index (χ0v) is 12.7. The van der Waals surface area contributed by atoms with Crippen LogP contribution in [0.3, 0.4) is 0 Å². The summed E-state index contributed by atoms with van der Waals surface area (Å²) in [6.07, 6.45) is 1.69. The average molecular weight is 267 g/mol. The van der Waals surface area contributed by atoms with Crippen molar-refractivity contribution >= 4 is 11.4 Å². The molecule has 1 heterocycles. The van der Waals surface area contributed by atoms with Crippen molar-refractivity contribution in [1.82, 2.24) is 4.98 Å². The molecule has 20 heavy (non-hydrogen) atoms. The molecule has 2 heteroatoms. The summed E-state index contributed by atoms with van der Waals surface area (Å²) >= 11 is 0. The Hall–Kier alpha value is -2.22. The van der Waals surface area contributed by atoms with Gasteiger partial charge in [-0.1, -0.05) is 31.9 Å². The molecule has 0 radical (unpaired) electrons. The molecular formula is C18H21NO. The van der Waals surface area contributed by atoms with E-state index in [2.05, 4.69) is 24.7 Å². The SMILES string of the molecule is C=CC(=C)/C(=C(/C)C(=C)C(C)=O)c1ccc(C)nc1C. The van der Waals surface area contributed by atoms with Gasteiger partial charge in [0.25, 0.3) is 0 Å². The molecule has 0 aliphatic carbocycles. The lowest BCUT2D eigenvalue weighted by Crippen LogP contribution is -2.03. The number of aromatic nitrogens is 1. The van der Waals surface area contributed by atoms with Crippen LogP contribution in [0.2, 0.25) is 0 Å². The maximum Gasteiger partial charge on any atom is 0.159 e. The fraction of sp³-hybridized carbons (Fsp3) is 0.222. The molecule has 0 bridgehead atoms. The van der Waals surface area contributed by atoms with E-state index >= 15 is 0 Å². The van der Waals surface area contributed by atoms with Crippen LogP contribution in [0.25, 0.3) is 5.57 Å². The van der Waals surface area contributed by atoms with Gasteiger partial charge in [0.15, 0.2) is 5.78 Å². The van der Waals surface area contributed by atoms with Gasteiger partial charge in [0.1, 0.15) is 0 Å². The summed E-state index contributed by atoms with van der Waals surface area (Å²) < 4.78 is 0. The molecule has 2 nitrogen and oxygen atoms in total. The van der Waals surface area contributed by atoms with Crippen LogP contribution in [0.5, 0.6) is 0 Å². The van der Waals surface area contributed by atoms with Gasteiger partial charge >= 0.3 is 0 Å². The zero-order valence-electron chi connectivity index (χ0n) is 12.7. The second-order valence-corrected chi connectivity index (χ2v) is 4.85. The Balaban J connectivity index is 3.60. The molecule has 0 unspecified atom stereocenters. The monoisotopic (exact) mass is 267 g/mol. The van der Waals surface area contributed by atoms with Gasteiger partial charge in [-0.25, -0.2) is 0 Å². The second kappa shape index (κ2) is 6.29. The number of pyridine rings is 1. The Labute approximate surface area is 121 Å². The lowest BCUT2D eigenvalue weighted by atomic mass is 9.89. The fourth-order valence-electron chi connectivity index (χ4n) is 2.08. The van der Waals surface area contributed by atoms with Crippen LogP contribution in [0.15, 0.2) is 54.7 Å². The van der Waals surface area contributed by atoms with E-state index in [0.717, 1.165) is 33.7 Å². The Morgan fingerprint density at radius 1 is 1.20 bits per heavy atom. The van der Waals surface area contributed by atoms with Crippen LogP contribution in [-0.4, -0.2) is 10.8 Å². The Bertz CT molecular complexity index is 633. The maximum absolute atomic E-state index is 11.6. The van der Waals surface area contributed by atoms with Crippen LogP contribution >= 0.6 is 0 Å². The van der Waals surface area contributed by atoms with Gasteiger partial charge in [-0.3, -0.25) is 9.78 Å². The molecule has 0 atom stereocenters. The molecule has 104 valence electrons. The molecule has 1 aromatic heterocycles. The smallest absolute Gasteiger partial charge is 0.159 e. The largest absolute Gasteiger partial charge is 0.295 e. The van der Waals surface area contributed by atoms with Crippen LogP contribution in [0.4, 0.5) is 0 Å². The number of hydrogen-bond acceptors (Lipinski definition) is 2. The normalized spacial score (nSPS) is 11.6. The third-order valence-corrected chi connectivity index (χ3v) is 3.31. The molecule has 1 rings (SSSR count). The molecule has 0 amide bonds. The van der Waals surface area contributed by atoms with Crippen molar-refractivity contribution in [3.8, 4) is 0 Å². The summed E-state index contributed by atoms with van der Waals surface area (Å²) in [4.78, 5) is 16.0. The first-order valence-corrected chi connectivity index (χ1v) is 6.47. The van der Waals surface area contributed by atoms with E-state index in [0.29, 0.717) is 5.57 Å². The van der Waals surface area contributed by atoms with E-state index in [4.69, 9.17) is 0 Å². The van der Waals surface area contributed by atoms with Crippen molar-refractivity contribution in [1.29, 1.82) is 0 Å². The van der Waals surface area contributed by atoms with Crippen LogP contribution in [-0.2, 0) is 4.79 Å². The van der Waals surface area contributed by atoms with Gasteiger partial charge in [-0.05, 0) is 50.5 Å². The first-order chi connectivity index (χ1) is 9.29. The predicted molar refractivity (Wildman–Crippen MR) is 85.5 cm³/mol. The molecule has 0 aliphatic rings. The number of allylic oxidation sites excluding steroid dienone is 5. The van der Waals surface area contributed by atoms with Crippen molar-refractivity contribution in [3.05, 3.63) is 71.6 Å². The summed E-state index contributed by atoms with van der Waals surface area (Å²) in [7, 11) is 0. The van der Waals surface area contributed by atoms with E-state index in [1.54, 1.807) is 6.08 Å². The standard InChI is InChI=1S/C18H21NO/c1-8-11(2)18(14(5)13(4)16(7)20)17-10-9-12(3)19-15(17)6/h8-10H,1-2,4H2,3,5-7H3/b18-14+. The molecule has 1 aromatic rings. The predicted octanol–water partition coefficient (Wildman–Crippen LogP) is 4.36. The average Bonchev–Trinajstić information content (AvgIpc) is 2.39. The highest BCUT2D eigenvalue weighted by atomic mass is 16.1. The minimum atomic E-state index is -0.0467. The van der Waals surface area contributed by atoms with Gasteiger partial charge < -0.3 is 0 Å². The number of nitrogens with zero attached hydrogens (tertiary/aromatic N) is 1. The van der Waals surface area contributed by atoms with E-state index < -0.39 is 0 Å². The van der Waals surface area contributed by atoms with E-state index in [1.165, 1.54) is 6.92 Å². The van der Waals surface area contributed by atoms with Gasteiger partial charge in [0, 0.05) is 22.5 Å². The molecule has 0 aliphatic heterocycles. The Morgan fingerprint density at radius 2 is 1.80 bits per heavy atom. The molecule has 0 N–H and O–H groups in total. The topological polar surface area (TPSA) is 30.0 Å². The highest BCUT2D eigenvalue weighted by molar-refractivity contribution is 6.01. The van der Waals surface area contributed by atoms with Crippen molar-refractivity contribution in [2.24, 2.45) is 0 Å². The minimum absolute atomic E-state index is 0.0467. The molecule has 0 fully saturated rings. The molecule has 0 saturated heterocycles. The number of aryl methyl sites for hydroxylation is 2. The first-order valence-electron chi connectivity index (χ1n) is 6.47. The summed E-state index contributed by atoms with van der Waals surface area (Å²) in [5.41, 5.74) is 5.76. The van der Waals surface area contributed by atoms with Gasteiger partial charge in [-0.15, -0.1) is 0 Å². The number of carbonyl (C=O) groups excluding carboxylic acids is 1.